The Bertz CT molecular complexity index is 755. The number of nitrogens with one attached hydrogen (secondary N) is 1. The number of aromatic nitrogens is 2. The van der Waals surface area contributed by atoms with Crippen molar-refractivity contribution >= 4 is 15.8 Å². The molecule has 0 aliphatic heterocycles. The molecule has 0 spiro atoms. The van der Waals surface area contributed by atoms with Gasteiger partial charge >= 0.3 is 0 Å². The third-order valence-electron chi connectivity index (χ3n) is 2.86. The summed E-state index contributed by atoms with van der Waals surface area (Å²) in [6.07, 6.45) is 1.56. The third kappa shape index (κ3) is 3.83. The van der Waals surface area contributed by atoms with Gasteiger partial charge < -0.3 is 0 Å². The lowest BCUT2D eigenvalue weighted by Crippen LogP contribution is -2.18. The van der Waals surface area contributed by atoms with E-state index in [0.29, 0.717) is 16.9 Å². The van der Waals surface area contributed by atoms with Gasteiger partial charge in [-0.1, -0.05) is 12.1 Å². The zero-order chi connectivity index (χ0) is 15.5. The summed E-state index contributed by atoms with van der Waals surface area (Å²) in [6.45, 7) is 3.84. The zero-order valence-electron chi connectivity index (χ0n) is 11.8. The molecule has 2 rings (SSSR count). The van der Waals surface area contributed by atoms with Crippen LogP contribution in [0.5, 0.6) is 0 Å². The second-order valence-corrected chi connectivity index (χ2v) is 6.65. The maximum atomic E-state index is 12.2. The van der Waals surface area contributed by atoms with Crippen molar-refractivity contribution in [1.82, 2.24) is 9.78 Å². The number of rotatable bonds is 5. The first-order chi connectivity index (χ1) is 9.91. The molecule has 7 heteroatoms. The van der Waals surface area contributed by atoms with E-state index in [4.69, 9.17) is 5.26 Å². The highest BCUT2D eigenvalue weighted by molar-refractivity contribution is 7.91. The molecule has 21 heavy (non-hydrogen) atoms. The number of nitrogens with zero attached hydrogens (tertiary/aromatic N) is 3. The van der Waals surface area contributed by atoms with Gasteiger partial charge in [-0.2, -0.15) is 10.4 Å². The highest BCUT2D eigenvalue weighted by Gasteiger charge is 2.15. The van der Waals surface area contributed by atoms with E-state index in [1.54, 1.807) is 41.2 Å². The molecule has 110 valence electrons. The first-order valence-corrected chi connectivity index (χ1v) is 8.09. The largest absolute Gasteiger partial charge is 0.267 e. The van der Waals surface area contributed by atoms with Crippen LogP contribution in [0.4, 0.5) is 5.82 Å². The lowest BCUT2D eigenvalue weighted by atomic mass is 10.2. The fraction of sp³-hybridized carbons (Fsp3) is 0.286. The van der Waals surface area contributed by atoms with Crippen LogP contribution in [0.15, 0.2) is 36.5 Å². The molecule has 0 fully saturated rings. The van der Waals surface area contributed by atoms with E-state index in [-0.39, 0.29) is 11.8 Å². The lowest BCUT2D eigenvalue weighted by molar-refractivity contribution is 0.539. The van der Waals surface area contributed by atoms with E-state index in [9.17, 15) is 8.42 Å². The Labute approximate surface area is 124 Å². The number of anilines is 1. The van der Waals surface area contributed by atoms with Crippen molar-refractivity contribution in [3.63, 3.8) is 0 Å². The highest BCUT2D eigenvalue weighted by Crippen LogP contribution is 2.16. The minimum atomic E-state index is -3.53. The van der Waals surface area contributed by atoms with Gasteiger partial charge in [-0.15, -0.1) is 0 Å². The van der Waals surface area contributed by atoms with Gasteiger partial charge in [0.05, 0.1) is 23.6 Å². The van der Waals surface area contributed by atoms with Crippen molar-refractivity contribution in [2.75, 3.05) is 4.72 Å². The van der Waals surface area contributed by atoms with Crippen molar-refractivity contribution in [1.29, 1.82) is 5.26 Å². The monoisotopic (exact) mass is 304 g/mol. The minimum Gasteiger partial charge on any atom is -0.267 e. The summed E-state index contributed by atoms with van der Waals surface area (Å²) in [7, 11) is -3.53. The number of nitriles is 1. The molecular weight excluding hydrogens is 288 g/mol. The van der Waals surface area contributed by atoms with Crippen LogP contribution in [-0.2, 0) is 15.8 Å². The number of hydrogen-bond acceptors (Lipinski definition) is 4. The van der Waals surface area contributed by atoms with Crippen LogP contribution in [0.1, 0.15) is 31.0 Å². The Morgan fingerprint density at radius 3 is 2.52 bits per heavy atom. The fourth-order valence-electron chi connectivity index (χ4n) is 1.90. The average molecular weight is 304 g/mol. The van der Waals surface area contributed by atoms with Crippen molar-refractivity contribution in [3.8, 4) is 6.07 Å². The summed E-state index contributed by atoms with van der Waals surface area (Å²) >= 11 is 0. The van der Waals surface area contributed by atoms with Crippen LogP contribution in [0.3, 0.4) is 0 Å². The Kier molecular flexibility index (Phi) is 4.29. The SMILES string of the molecule is CC(C)n1nccc1NS(=O)(=O)Cc1ccc(C#N)cc1. The van der Waals surface area contributed by atoms with E-state index in [1.807, 2.05) is 19.9 Å². The van der Waals surface area contributed by atoms with Gasteiger partial charge in [0.25, 0.3) is 0 Å². The average Bonchev–Trinajstić information content (AvgIpc) is 2.86. The number of benzene rings is 1. The smallest absolute Gasteiger partial charge is 0.238 e. The van der Waals surface area contributed by atoms with Crippen LogP contribution in [0, 0.1) is 11.3 Å². The summed E-state index contributed by atoms with van der Waals surface area (Å²) in [6, 6.07) is 10.2. The van der Waals surface area contributed by atoms with E-state index in [1.165, 1.54) is 0 Å². The maximum Gasteiger partial charge on any atom is 0.238 e. The van der Waals surface area contributed by atoms with Gasteiger partial charge in [-0.3, -0.25) is 4.72 Å². The molecule has 0 unspecified atom stereocenters. The van der Waals surface area contributed by atoms with Gasteiger partial charge in [0.1, 0.15) is 5.82 Å². The molecule has 0 aliphatic rings. The number of sulfonamides is 1. The molecule has 0 aliphatic carbocycles. The molecule has 0 radical (unpaired) electrons. The number of hydrogen-bond donors (Lipinski definition) is 1. The van der Waals surface area contributed by atoms with Crippen molar-refractivity contribution in [2.45, 2.75) is 25.6 Å². The highest BCUT2D eigenvalue weighted by atomic mass is 32.2. The summed E-state index contributed by atoms with van der Waals surface area (Å²) in [5.41, 5.74) is 1.12. The molecule has 0 atom stereocenters. The first kappa shape index (κ1) is 15.1. The Hall–Kier alpha value is -2.33. The van der Waals surface area contributed by atoms with Crippen LogP contribution < -0.4 is 4.72 Å². The van der Waals surface area contributed by atoms with Crippen LogP contribution in [0.2, 0.25) is 0 Å². The molecule has 0 saturated carbocycles. The summed E-state index contributed by atoms with van der Waals surface area (Å²) in [5.74, 6) is 0.292. The van der Waals surface area contributed by atoms with Crippen molar-refractivity contribution in [3.05, 3.63) is 47.7 Å². The molecule has 6 nitrogen and oxygen atoms in total. The second kappa shape index (κ2) is 5.97. The predicted octanol–water partition coefficient (Wildman–Crippen LogP) is 2.28. The van der Waals surface area contributed by atoms with Crippen LogP contribution in [-0.4, -0.2) is 18.2 Å². The topological polar surface area (TPSA) is 87.8 Å². The van der Waals surface area contributed by atoms with Crippen LogP contribution >= 0.6 is 0 Å². The summed E-state index contributed by atoms with van der Waals surface area (Å²) < 4.78 is 28.5. The standard InChI is InChI=1S/C14H16N4O2S/c1-11(2)18-14(7-8-16-18)17-21(19,20)10-13-5-3-12(9-15)4-6-13/h3-8,11,17H,10H2,1-2H3. The van der Waals surface area contributed by atoms with Gasteiger partial charge in [0, 0.05) is 12.1 Å². The van der Waals surface area contributed by atoms with Crippen molar-refractivity contribution in [2.24, 2.45) is 0 Å². The predicted molar refractivity (Wildman–Crippen MR) is 80.0 cm³/mol. The Balaban J connectivity index is 2.15. The molecule has 0 bridgehead atoms. The molecule has 0 amide bonds. The van der Waals surface area contributed by atoms with Gasteiger partial charge in [-0.25, -0.2) is 13.1 Å². The summed E-state index contributed by atoms with van der Waals surface area (Å²) in [5, 5.41) is 12.8. The lowest BCUT2D eigenvalue weighted by Gasteiger charge is -2.13. The minimum absolute atomic E-state index is 0.0626. The van der Waals surface area contributed by atoms with Gasteiger partial charge in [0.2, 0.25) is 10.0 Å². The summed E-state index contributed by atoms with van der Waals surface area (Å²) in [4.78, 5) is 0. The fourth-order valence-corrected chi connectivity index (χ4v) is 3.08. The molecule has 1 heterocycles. The maximum absolute atomic E-state index is 12.2. The molecule has 1 aromatic carbocycles. The zero-order valence-corrected chi connectivity index (χ0v) is 12.6. The quantitative estimate of drug-likeness (QED) is 0.918. The van der Waals surface area contributed by atoms with Crippen molar-refractivity contribution < 1.29 is 8.42 Å². The van der Waals surface area contributed by atoms with Crippen LogP contribution in [0.25, 0.3) is 0 Å². The van der Waals surface area contributed by atoms with Gasteiger partial charge in [-0.05, 0) is 31.5 Å². The third-order valence-corrected chi connectivity index (χ3v) is 4.09. The van der Waals surface area contributed by atoms with E-state index in [0.717, 1.165) is 0 Å². The molecular formula is C14H16N4O2S. The Morgan fingerprint density at radius 1 is 1.29 bits per heavy atom. The molecule has 2 aromatic rings. The first-order valence-electron chi connectivity index (χ1n) is 6.44. The van der Waals surface area contributed by atoms with E-state index in [2.05, 4.69) is 9.82 Å². The second-order valence-electron chi connectivity index (χ2n) is 4.92. The Morgan fingerprint density at radius 2 is 1.95 bits per heavy atom. The van der Waals surface area contributed by atoms with Gasteiger partial charge in [0.15, 0.2) is 0 Å². The van der Waals surface area contributed by atoms with E-state index < -0.39 is 10.0 Å². The molecule has 1 N–H and O–H groups in total. The normalized spacial score (nSPS) is 11.3. The molecule has 1 aromatic heterocycles. The molecule has 0 saturated heterocycles. The van der Waals surface area contributed by atoms with E-state index >= 15 is 0 Å².